The van der Waals surface area contributed by atoms with Gasteiger partial charge >= 0.3 is 0 Å². The van der Waals surface area contributed by atoms with Crippen LogP contribution in [0.1, 0.15) is 22.9 Å². The standard InChI is InChI=1S/C53H35N3O/c1-3-11-34(12-4-1)35-21-23-36(24-22-35)37-25-28-40(29-26-37)52-54-51(39-14-5-2-6-15-39)55-53(56-52)47-19-10-20-48-49(47)46-18-9-17-45(50(46)57-48)42-31-32-44-41(33-42)30-27-38-13-7-8-16-43(38)44/h1-33,52H,(H,54,55,56). The van der Waals surface area contributed by atoms with Gasteiger partial charge in [0, 0.05) is 27.5 Å². The molecular formula is C53H35N3O. The summed E-state index contributed by atoms with van der Waals surface area (Å²) in [5.41, 5.74) is 11.6. The molecule has 0 radical (unpaired) electrons. The Morgan fingerprint density at radius 3 is 1.77 bits per heavy atom. The summed E-state index contributed by atoms with van der Waals surface area (Å²) in [4.78, 5) is 10.5. The molecule has 11 rings (SSSR count). The molecule has 0 saturated heterocycles. The zero-order valence-corrected chi connectivity index (χ0v) is 30.9. The lowest BCUT2D eigenvalue weighted by atomic mass is 9.96. The van der Waals surface area contributed by atoms with Gasteiger partial charge in [0.1, 0.15) is 23.2 Å². The molecular weight excluding hydrogens is 695 g/mol. The summed E-state index contributed by atoms with van der Waals surface area (Å²) in [5, 5.41) is 10.6. The van der Waals surface area contributed by atoms with Crippen molar-refractivity contribution in [3.05, 3.63) is 217 Å². The van der Waals surface area contributed by atoms with E-state index < -0.39 is 0 Å². The van der Waals surface area contributed by atoms with Crippen molar-refractivity contribution in [1.82, 2.24) is 5.32 Å². The van der Waals surface area contributed by atoms with Crippen LogP contribution in [0, 0.1) is 0 Å². The maximum absolute atomic E-state index is 6.74. The maximum atomic E-state index is 6.74. The van der Waals surface area contributed by atoms with Gasteiger partial charge in [-0.25, -0.2) is 9.98 Å². The van der Waals surface area contributed by atoms with Crippen LogP contribution in [0.5, 0.6) is 0 Å². The zero-order chi connectivity index (χ0) is 37.7. The second-order valence-corrected chi connectivity index (χ2v) is 14.6. The highest BCUT2D eigenvalue weighted by atomic mass is 16.3. The minimum Gasteiger partial charge on any atom is -0.455 e. The van der Waals surface area contributed by atoms with Crippen molar-refractivity contribution >= 4 is 55.2 Å². The van der Waals surface area contributed by atoms with E-state index in [2.05, 4.69) is 169 Å². The second-order valence-electron chi connectivity index (χ2n) is 14.6. The highest BCUT2D eigenvalue weighted by molar-refractivity contribution is 6.23. The first-order valence-corrected chi connectivity index (χ1v) is 19.3. The van der Waals surface area contributed by atoms with Gasteiger partial charge in [0.2, 0.25) is 0 Å². The third-order valence-corrected chi connectivity index (χ3v) is 11.2. The number of fused-ring (bicyclic) bond motifs is 6. The predicted octanol–water partition coefficient (Wildman–Crippen LogP) is 13.4. The maximum Gasteiger partial charge on any atom is 0.160 e. The Kier molecular flexibility index (Phi) is 7.85. The van der Waals surface area contributed by atoms with Gasteiger partial charge in [-0.3, -0.25) is 0 Å². The molecule has 1 atom stereocenters. The van der Waals surface area contributed by atoms with Crippen molar-refractivity contribution < 1.29 is 4.42 Å². The number of hydrogen-bond acceptors (Lipinski definition) is 4. The Balaban J connectivity index is 0.988. The van der Waals surface area contributed by atoms with E-state index in [-0.39, 0.29) is 6.17 Å². The van der Waals surface area contributed by atoms with Crippen LogP contribution in [0.15, 0.2) is 215 Å². The van der Waals surface area contributed by atoms with Crippen LogP contribution < -0.4 is 5.32 Å². The van der Waals surface area contributed by atoms with Crippen molar-refractivity contribution in [2.45, 2.75) is 6.17 Å². The molecule has 1 aromatic heterocycles. The molecule has 1 unspecified atom stereocenters. The van der Waals surface area contributed by atoms with E-state index in [1.54, 1.807) is 0 Å². The van der Waals surface area contributed by atoms with Gasteiger partial charge in [0.15, 0.2) is 5.84 Å². The molecule has 1 aliphatic rings. The van der Waals surface area contributed by atoms with Gasteiger partial charge in [-0.1, -0.05) is 188 Å². The smallest absolute Gasteiger partial charge is 0.160 e. The summed E-state index contributed by atoms with van der Waals surface area (Å²) >= 11 is 0. The Labute approximate surface area is 330 Å². The normalized spacial score (nSPS) is 14.1. The molecule has 0 spiro atoms. The van der Waals surface area contributed by atoms with E-state index in [1.165, 1.54) is 38.2 Å². The number of nitrogens with one attached hydrogen (secondary N) is 1. The van der Waals surface area contributed by atoms with Crippen LogP contribution >= 0.6 is 0 Å². The van der Waals surface area contributed by atoms with Gasteiger partial charge in [0.25, 0.3) is 0 Å². The fourth-order valence-electron chi connectivity index (χ4n) is 8.27. The van der Waals surface area contributed by atoms with E-state index in [4.69, 9.17) is 14.4 Å². The zero-order valence-electron chi connectivity index (χ0n) is 30.9. The molecule has 0 amide bonds. The third-order valence-electron chi connectivity index (χ3n) is 11.2. The van der Waals surface area contributed by atoms with Crippen LogP contribution in [0.25, 0.3) is 76.9 Å². The van der Waals surface area contributed by atoms with Gasteiger partial charge in [-0.2, -0.15) is 0 Å². The molecule has 0 aliphatic carbocycles. The van der Waals surface area contributed by atoms with Crippen molar-refractivity contribution in [2.75, 3.05) is 0 Å². The average Bonchev–Trinajstić information content (AvgIpc) is 3.69. The van der Waals surface area contributed by atoms with Crippen molar-refractivity contribution in [1.29, 1.82) is 0 Å². The van der Waals surface area contributed by atoms with E-state index in [9.17, 15) is 0 Å². The molecule has 10 aromatic rings. The predicted molar refractivity (Wildman–Crippen MR) is 237 cm³/mol. The molecule has 2 heterocycles. The van der Waals surface area contributed by atoms with Crippen LogP contribution in [0.3, 0.4) is 0 Å². The summed E-state index contributed by atoms with van der Waals surface area (Å²) in [6, 6.07) is 70.5. The lowest BCUT2D eigenvalue weighted by molar-refractivity contribution is 0.669. The highest BCUT2D eigenvalue weighted by Crippen LogP contribution is 2.40. The first-order chi connectivity index (χ1) is 28.2. The number of nitrogens with zero attached hydrogens (tertiary/aromatic N) is 2. The highest BCUT2D eigenvalue weighted by Gasteiger charge is 2.24. The molecule has 0 bridgehead atoms. The minimum absolute atomic E-state index is 0.347. The third kappa shape index (κ3) is 5.87. The lowest BCUT2D eigenvalue weighted by Gasteiger charge is -2.24. The monoisotopic (exact) mass is 729 g/mol. The van der Waals surface area contributed by atoms with Gasteiger partial charge in [0.05, 0.1) is 0 Å². The lowest BCUT2D eigenvalue weighted by Crippen LogP contribution is -2.33. The van der Waals surface area contributed by atoms with Crippen LogP contribution in [0.2, 0.25) is 0 Å². The number of aliphatic imine (C=N–C) groups is 2. The number of benzene rings is 9. The van der Waals surface area contributed by atoms with Gasteiger partial charge in [-0.05, 0) is 67.1 Å². The summed E-state index contributed by atoms with van der Waals surface area (Å²) in [5.74, 6) is 1.44. The number of rotatable bonds is 6. The summed E-state index contributed by atoms with van der Waals surface area (Å²) < 4.78 is 6.74. The molecule has 9 aromatic carbocycles. The second kappa shape index (κ2) is 13.6. The van der Waals surface area contributed by atoms with E-state index in [1.807, 2.05) is 36.4 Å². The molecule has 57 heavy (non-hydrogen) atoms. The number of para-hydroxylation sites is 1. The number of furan rings is 1. The summed E-state index contributed by atoms with van der Waals surface area (Å²) in [6.07, 6.45) is -0.347. The Morgan fingerprint density at radius 2 is 1.00 bits per heavy atom. The van der Waals surface area contributed by atoms with Crippen LogP contribution in [0.4, 0.5) is 0 Å². The van der Waals surface area contributed by atoms with Crippen LogP contribution in [-0.2, 0) is 0 Å². The van der Waals surface area contributed by atoms with Crippen molar-refractivity contribution in [2.24, 2.45) is 9.98 Å². The molecule has 1 N–H and O–H groups in total. The fraction of sp³-hybridized carbons (Fsp3) is 0.0189. The van der Waals surface area contributed by atoms with E-state index >= 15 is 0 Å². The van der Waals surface area contributed by atoms with Crippen molar-refractivity contribution in [3.8, 4) is 33.4 Å². The summed E-state index contributed by atoms with van der Waals surface area (Å²) in [6.45, 7) is 0. The van der Waals surface area contributed by atoms with Crippen LogP contribution in [-0.4, -0.2) is 11.7 Å². The SMILES string of the molecule is c1ccc(C2=NC(c3cccc4oc5c(-c6ccc7c(ccc8ccccc87)c6)cccc5c34)=NC(c3ccc(-c4ccc(-c5ccccc5)cc4)cc3)N2)cc1. The first-order valence-electron chi connectivity index (χ1n) is 19.3. The van der Waals surface area contributed by atoms with Crippen molar-refractivity contribution in [3.63, 3.8) is 0 Å². The summed E-state index contributed by atoms with van der Waals surface area (Å²) in [7, 11) is 0. The minimum atomic E-state index is -0.347. The number of hydrogen-bond donors (Lipinski definition) is 1. The topological polar surface area (TPSA) is 49.9 Å². The van der Waals surface area contributed by atoms with E-state index in [0.717, 1.165) is 61.2 Å². The Morgan fingerprint density at radius 1 is 0.421 bits per heavy atom. The Bertz CT molecular complexity index is 3180. The molecule has 0 saturated carbocycles. The fourth-order valence-corrected chi connectivity index (χ4v) is 8.27. The molecule has 4 nitrogen and oxygen atoms in total. The van der Waals surface area contributed by atoms with Gasteiger partial charge < -0.3 is 9.73 Å². The van der Waals surface area contributed by atoms with Gasteiger partial charge in [-0.15, -0.1) is 0 Å². The largest absolute Gasteiger partial charge is 0.455 e. The molecule has 1 aliphatic heterocycles. The quantitative estimate of drug-likeness (QED) is 0.173. The average molecular weight is 730 g/mol. The Hall–Kier alpha value is -7.56. The number of amidine groups is 2. The molecule has 4 heteroatoms. The molecule has 0 fully saturated rings. The molecule has 268 valence electrons. The van der Waals surface area contributed by atoms with E-state index in [0.29, 0.717) is 5.84 Å². The first kappa shape index (κ1) is 32.8.